The van der Waals surface area contributed by atoms with E-state index in [0.717, 1.165) is 16.8 Å². The van der Waals surface area contributed by atoms with Gasteiger partial charge in [-0.3, -0.25) is 9.69 Å². The van der Waals surface area contributed by atoms with E-state index in [4.69, 9.17) is 5.26 Å². The Morgan fingerprint density at radius 1 is 0.905 bits per heavy atom. The number of sulfonamides is 1. The Kier molecular flexibility index (Phi) is 9.44. The Balaban J connectivity index is 1.25. The highest BCUT2D eigenvalue weighted by Crippen LogP contribution is 2.20. The molecule has 1 fully saturated rings. The van der Waals surface area contributed by atoms with Crippen molar-refractivity contribution < 1.29 is 13.2 Å². The molecule has 216 valence electrons. The van der Waals surface area contributed by atoms with Crippen molar-refractivity contribution in [2.75, 3.05) is 26.2 Å². The number of carbonyl (C=O) groups is 1. The number of nitrogens with zero attached hydrogens (tertiary/aromatic N) is 5. The summed E-state index contributed by atoms with van der Waals surface area (Å²) in [6.45, 7) is 2.69. The number of benzene rings is 3. The van der Waals surface area contributed by atoms with Gasteiger partial charge in [0, 0.05) is 57.6 Å². The third-order valence-electron chi connectivity index (χ3n) is 7.43. The Morgan fingerprint density at radius 2 is 1.57 bits per heavy atom. The quantitative estimate of drug-likeness (QED) is 0.291. The highest BCUT2D eigenvalue weighted by molar-refractivity contribution is 7.88. The van der Waals surface area contributed by atoms with Crippen LogP contribution in [0.25, 0.3) is 0 Å². The molecule has 0 aliphatic carbocycles. The largest absolute Gasteiger partial charge is 0.354 e. The van der Waals surface area contributed by atoms with Gasteiger partial charge in [-0.15, -0.1) is 0 Å². The first kappa shape index (κ1) is 29.2. The Hall–Kier alpha value is -4.30. The van der Waals surface area contributed by atoms with Crippen LogP contribution in [-0.4, -0.2) is 65.3 Å². The average molecular weight is 583 g/mol. The molecule has 0 bridgehead atoms. The SMILES string of the molecule is N#Cc1ccc(Cn2cncc2CCNC(=O)[C@H]2CN(Cc3ccccc3)CCN2S(=O)(=O)Cc2ccccc2)cc1. The predicted octanol–water partition coefficient (Wildman–Crippen LogP) is 3.18. The van der Waals surface area contributed by atoms with Crippen molar-refractivity contribution in [2.24, 2.45) is 0 Å². The zero-order valence-corrected chi connectivity index (χ0v) is 24.2. The van der Waals surface area contributed by atoms with Crippen molar-refractivity contribution in [2.45, 2.75) is 31.3 Å². The summed E-state index contributed by atoms with van der Waals surface area (Å²) < 4.78 is 30.5. The van der Waals surface area contributed by atoms with Crippen molar-refractivity contribution in [1.29, 1.82) is 5.26 Å². The molecule has 0 unspecified atom stereocenters. The summed E-state index contributed by atoms with van der Waals surface area (Å²) in [6.07, 6.45) is 4.06. The molecule has 1 amide bonds. The molecule has 2 heterocycles. The number of nitrogens with one attached hydrogen (secondary N) is 1. The lowest BCUT2D eigenvalue weighted by Gasteiger charge is -2.39. The van der Waals surface area contributed by atoms with Crippen molar-refractivity contribution in [1.82, 2.24) is 24.1 Å². The van der Waals surface area contributed by atoms with Gasteiger partial charge in [-0.2, -0.15) is 9.57 Å². The molecule has 1 aliphatic rings. The van der Waals surface area contributed by atoms with Gasteiger partial charge in [-0.05, 0) is 28.8 Å². The Morgan fingerprint density at radius 3 is 2.26 bits per heavy atom. The van der Waals surface area contributed by atoms with E-state index in [1.807, 2.05) is 65.2 Å². The van der Waals surface area contributed by atoms with E-state index in [1.54, 1.807) is 36.8 Å². The summed E-state index contributed by atoms with van der Waals surface area (Å²) in [5.41, 5.74) is 4.41. The molecule has 1 N–H and O–H groups in total. The van der Waals surface area contributed by atoms with Gasteiger partial charge in [0.2, 0.25) is 15.9 Å². The first-order valence-corrected chi connectivity index (χ1v) is 15.6. The van der Waals surface area contributed by atoms with Gasteiger partial charge in [0.05, 0.1) is 23.7 Å². The molecule has 1 aliphatic heterocycles. The highest BCUT2D eigenvalue weighted by Gasteiger charge is 2.39. The van der Waals surface area contributed by atoms with Gasteiger partial charge >= 0.3 is 0 Å². The minimum Gasteiger partial charge on any atom is -0.354 e. The van der Waals surface area contributed by atoms with Crippen LogP contribution in [0.4, 0.5) is 0 Å². The van der Waals surface area contributed by atoms with E-state index in [0.29, 0.717) is 50.3 Å². The summed E-state index contributed by atoms with van der Waals surface area (Å²) in [4.78, 5) is 20.0. The second-order valence-electron chi connectivity index (χ2n) is 10.5. The van der Waals surface area contributed by atoms with E-state index in [9.17, 15) is 13.2 Å². The van der Waals surface area contributed by atoms with Gasteiger partial charge in [-0.1, -0.05) is 72.8 Å². The van der Waals surface area contributed by atoms with E-state index < -0.39 is 16.1 Å². The topological polar surface area (TPSA) is 111 Å². The van der Waals surface area contributed by atoms with E-state index in [2.05, 4.69) is 21.3 Å². The monoisotopic (exact) mass is 582 g/mol. The maximum Gasteiger partial charge on any atom is 0.239 e. The van der Waals surface area contributed by atoms with Crippen molar-refractivity contribution in [3.63, 3.8) is 0 Å². The minimum absolute atomic E-state index is 0.148. The van der Waals surface area contributed by atoms with Crippen LogP contribution in [0.2, 0.25) is 0 Å². The summed E-state index contributed by atoms with van der Waals surface area (Å²) in [5, 5.41) is 12.0. The fourth-order valence-electron chi connectivity index (χ4n) is 5.23. The average Bonchev–Trinajstić information content (AvgIpc) is 3.44. The van der Waals surface area contributed by atoms with Crippen LogP contribution < -0.4 is 5.32 Å². The molecule has 0 spiro atoms. The van der Waals surface area contributed by atoms with Gasteiger partial charge in [-0.25, -0.2) is 13.4 Å². The van der Waals surface area contributed by atoms with Crippen LogP contribution >= 0.6 is 0 Å². The van der Waals surface area contributed by atoms with Crippen LogP contribution in [0.3, 0.4) is 0 Å². The number of aromatic nitrogens is 2. The lowest BCUT2D eigenvalue weighted by molar-refractivity contribution is -0.126. The van der Waals surface area contributed by atoms with E-state index in [1.165, 1.54) is 4.31 Å². The number of hydrogen-bond acceptors (Lipinski definition) is 6. The first-order chi connectivity index (χ1) is 20.4. The number of amides is 1. The molecule has 0 saturated carbocycles. The van der Waals surface area contributed by atoms with E-state index >= 15 is 0 Å². The van der Waals surface area contributed by atoms with Crippen LogP contribution in [0.15, 0.2) is 97.5 Å². The lowest BCUT2D eigenvalue weighted by Crippen LogP contribution is -2.60. The van der Waals surface area contributed by atoms with Crippen LogP contribution in [0.5, 0.6) is 0 Å². The standard InChI is InChI=1S/C32H34N6O3S/c33-19-26-11-13-28(14-12-26)22-37-25-34-20-30(37)15-16-35-32(39)31-23-36(21-27-7-3-1-4-8-27)17-18-38(31)42(40,41)24-29-9-5-2-6-10-29/h1-14,20,25,31H,15-18,21-24H2,(H,35,39)/t31-/m1/s1. The molecule has 5 rings (SSSR count). The van der Waals surface area contributed by atoms with Gasteiger partial charge in [0.1, 0.15) is 6.04 Å². The smallest absolute Gasteiger partial charge is 0.239 e. The summed E-state index contributed by atoms with van der Waals surface area (Å²) in [5.74, 6) is -0.451. The maximum atomic E-state index is 13.6. The second kappa shape index (κ2) is 13.6. The van der Waals surface area contributed by atoms with E-state index in [-0.39, 0.29) is 18.2 Å². The third kappa shape index (κ3) is 7.50. The molecule has 0 radical (unpaired) electrons. The van der Waals surface area contributed by atoms with Crippen LogP contribution in [-0.2, 0) is 40.1 Å². The fourth-order valence-corrected chi connectivity index (χ4v) is 6.92. The van der Waals surface area contributed by atoms with Crippen LogP contribution in [0, 0.1) is 11.3 Å². The molecular formula is C32H34N6O3S. The lowest BCUT2D eigenvalue weighted by atomic mass is 10.1. The zero-order valence-electron chi connectivity index (χ0n) is 23.3. The number of piperazine rings is 1. The summed E-state index contributed by atoms with van der Waals surface area (Å²) in [6, 6.07) is 27.8. The van der Waals surface area contributed by atoms with Gasteiger partial charge in [0.15, 0.2) is 0 Å². The van der Waals surface area contributed by atoms with Gasteiger partial charge < -0.3 is 9.88 Å². The molecule has 9 nitrogen and oxygen atoms in total. The summed E-state index contributed by atoms with van der Waals surface area (Å²) in [7, 11) is -3.73. The Labute approximate surface area is 247 Å². The second-order valence-corrected chi connectivity index (χ2v) is 12.4. The number of hydrogen-bond donors (Lipinski definition) is 1. The highest BCUT2D eigenvalue weighted by atomic mass is 32.2. The molecule has 42 heavy (non-hydrogen) atoms. The first-order valence-electron chi connectivity index (χ1n) is 14.0. The molecule has 1 saturated heterocycles. The molecule has 1 atom stereocenters. The Bertz CT molecular complexity index is 1620. The number of carbonyl (C=O) groups excluding carboxylic acids is 1. The molecular weight excluding hydrogens is 548 g/mol. The maximum absolute atomic E-state index is 13.6. The van der Waals surface area contributed by atoms with Crippen molar-refractivity contribution in [3.05, 3.63) is 125 Å². The molecule has 4 aromatic rings. The third-order valence-corrected chi connectivity index (χ3v) is 9.28. The number of nitriles is 1. The molecule has 3 aromatic carbocycles. The summed E-state index contributed by atoms with van der Waals surface area (Å²) >= 11 is 0. The molecule has 1 aromatic heterocycles. The van der Waals surface area contributed by atoms with Crippen molar-refractivity contribution in [3.8, 4) is 6.07 Å². The van der Waals surface area contributed by atoms with Crippen LogP contribution in [0.1, 0.15) is 27.9 Å². The van der Waals surface area contributed by atoms with Crippen molar-refractivity contribution >= 4 is 15.9 Å². The molecule has 10 heteroatoms. The predicted molar refractivity (Wildman–Crippen MR) is 160 cm³/mol. The zero-order chi connectivity index (χ0) is 29.4. The number of imidazole rings is 1. The number of rotatable bonds is 11. The normalized spacial score (nSPS) is 16.1. The fraction of sp³-hybridized carbons (Fsp3) is 0.281. The van der Waals surface area contributed by atoms with Gasteiger partial charge in [0.25, 0.3) is 0 Å². The minimum atomic E-state index is -3.73.